The van der Waals surface area contributed by atoms with Gasteiger partial charge in [-0.1, -0.05) is 12.1 Å². The summed E-state index contributed by atoms with van der Waals surface area (Å²) >= 11 is 0. The highest BCUT2D eigenvalue weighted by molar-refractivity contribution is 5.94. The van der Waals surface area contributed by atoms with Gasteiger partial charge in [0.2, 0.25) is 0 Å². The Morgan fingerprint density at radius 2 is 1.86 bits per heavy atom. The summed E-state index contributed by atoms with van der Waals surface area (Å²) in [4.78, 5) is 22.2. The summed E-state index contributed by atoms with van der Waals surface area (Å²) in [7, 11) is 0. The van der Waals surface area contributed by atoms with E-state index in [-0.39, 0.29) is 18.4 Å². The average molecular weight is 293 g/mol. The van der Waals surface area contributed by atoms with Crippen LogP contribution in [-0.2, 0) is 16.1 Å². The van der Waals surface area contributed by atoms with Gasteiger partial charge in [-0.2, -0.15) is 0 Å². The molecular weight excluding hydrogens is 270 g/mol. The van der Waals surface area contributed by atoms with Gasteiger partial charge >= 0.3 is 5.97 Å². The third-order valence-electron chi connectivity index (χ3n) is 2.90. The van der Waals surface area contributed by atoms with Crippen LogP contribution in [0.5, 0.6) is 0 Å². The monoisotopic (exact) mass is 293 g/mol. The maximum absolute atomic E-state index is 11.9. The van der Waals surface area contributed by atoms with Crippen molar-refractivity contribution in [3.63, 3.8) is 0 Å². The van der Waals surface area contributed by atoms with Crippen LogP contribution in [0.15, 0.2) is 24.3 Å². The molecule has 1 aromatic carbocycles. The molecule has 1 aromatic rings. The highest BCUT2D eigenvalue weighted by Gasteiger charge is 2.05. The lowest BCUT2D eigenvalue weighted by Crippen LogP contribution is -2.24. The number of rotatable bonds is 9. The molecule has 0 saturated heterocycles. The highest BCUT2D eigenvalue weighted by Crippen LogP contribution is 2.07. The Balaban J connectivity index is 2.32. The van der Waals surface area contributed by atoms with E-state index in [0.29, 0.717) is 31.6 Å². The van der Waals surface area contributed by atoms with Gasteiger partial charge in [-0.25, -0.2) is 0 Å². The van der Waals surface area contributed by atoms with Crippen LogP contribution in [0.25, 0.3) is 0 Å². The van der Waals surface area contributed by atoms with Gasteiger partial charge in [-0.3, -0.25) is 9.59 Å². The fourth-order valence-electron chi connectivity index (χ4n) is 1.72. The molecule has 0 heterocycles. The number of amides is 1. The molecule has 0 aliphatic heterocycles. The molecule has 5 nitrogen and oxygen atoms in total. The van der Waals surface area contributed by atoms with Crippen molar-refractivity contribution in [2.45, 2.75) is 45.8 Å². The number of nitrogens with one attached hydrogen (secondary N) is 1. The van der Waals surface area contributed by atoms with E-state index in [4.69, 9.17) is 9.84 Å². The molecule has 0 radical (unpaired) electrons. The van der Waals surface area contributed by atoms with Crippen LogP contribution < -0.4 is 5.32 Å². The predicted octanol–water partition coefficient (Wildman–Crippen LogP) is 2.60. The van der Waals surface area contributed by atoms with Gasteiger partial charge in [0.1, 0.15) is 0 Å². The predicted molar refractivity (Wildman–Crippen MR) is 80.2 cm³/mol. The van der Waals surface area contributed by atoms with E-state index in [1.807, 2.05) is 26.0 Å². The fraction of sp³-hybridized carbons (Fsp3) is 0.500. The Labute approximate surface area is 125 Å². The second-order valence-corrected chi connectivity index (χ2v) is 5.16. The molecular formula is C16H23NO4. The van der Waals surface area contributed by atoms with E-state index in [1.165, 1.54) is 0 Å². The number of hydrogen-bond acceptors (Lipinski definition) is 3. The molecule has 1 amide bonds. The Bertz CT molecular complexity index is 454. The second-order valence-electron chi connectivity index (χ2n) is 5.16. The first-order valence-electron chi connectivity index (χ1n) is 7.19. The first-order chi connectivity index (χ1) is 9.99. The number of benzene rings is 1. The van der Waals surface area contributed by atoms with E-state index >= 15 is 0 Å². The van der Waals surface area contributed by atoms with Gasteiger partial charge in [0.25, 0.3) is 5.91 Å². The Hall–Kier alpha value is -1.88. The van der Waals surface area contributed by atoms with E-state index in [1.54, 1.807) is 12.1 Å². The van der Waals surface area contributed by atoms with Crippen molar-refractivity contribution >= 4 is 11.9 Å². The van der Waals surface area contributed by atoms with Crippen LogP contribution in [0.4, 0.5) is 0 Å². The van der Waals surface area contributed by atoms with E-state index in [9.17, 15) is 9.59 Å². The summed E-state index contributed by atoms with van der Waals surface area (Å²) in [5.41, 5.74) is 1.63. The third-order valence-corrected chi connectivity index (χ3v) is 2.90. The SMILES string of the molecule is CC(C)OCc1ccc(C(=O)NCCCCC(=O)O)cc1. The highest BCUT2D eigenvalue weighted by atomic mass is 16.5. The largest absolute Gasteiger partial charge is 0.481 e. The summed E-state index contributed by atoms with van der Waals surface area (Å²) in [6.45, 7) is 4.98. The lowest BCUT2D eigenvalue weighted by molar-refractivity contribution is -0.137. The van der Waals surface area contributed by atoms with Gasteiger partial charge in [0.15, 0.2) is 0 Å². The van der Waals surface area contributed by atoms with E-state index in [2.05, 4.69) is 5.32 Å². The van der Waals surface area contributed by atoms with Gasteiger partial charge < -0.3 is 15.2 Å². The van der Waals surface area contributed by atoms with E-state index < -0.39 is 5.97 Å². The molecule has 0 fully saturated rings. The molecule has 21 heavy (non-hydrogen) atoms. The van der Waals surface area contributed by atoms with Crippen LogP contribution in [-0.4, -0.2) is 29.6 Å². The third kappa shape index (κ3) is 7.46. The maximum atomic E-state index is 11.9. The standard InChI is InChI=1S/C16H23NO4/c1-12(2)21-11-13-6-8-14(9-7-13)16(20)17-10-4-3-5-15(18)19/h6-9,12H,3-5,10-11H2,1-2H3,(H,17,20)(H,18,19). The summed E-state index contributed by atoms with van der Waals surface area (Å²) in [6.07, 6.45) is 1.55. The molecule has 0 unspecified atom stereocenters. The Morgan fingerprint density at radius 1 is 1.19 bits per heavy atom. The van der Waals surface area contributed by atoms with Crippen molar-refractivity contribution in [2.75, 3.05) is 6.54 Å². The fourth-order valence-corrected chi connectivity index (χ4v) is 1.72. The van der Waals surface area contributed by atoms with Crippen molar-refractivity contribution in [2.24, 2.45) is 0 Å². The van der Waals surface area contributed by atoms with Crippen LogP contribution in [0.2, 0.25) is 0 Å². The molecule has 0 atom stereocenters. The molecule has 0 aliphatic rings. The van der Waals surface area contributed by atoms with Crippen LogP contribution in [0.3, 0.4) is 0 Å². The number of carboxylic acid groups (broad SMARTS) is 1. The van der Waals surface area contributed by atoms with Crippen LogP contribution in [0.1, 0.15) is 49.0 Å². The van der Waals surface area contributed by atoms with Crippen molar-refractivity contribution in [1.82, 2.24) is 5.32 Å². The second kappa shape index (κ2) is 9.13. The van der Waals surface area contributed by atoms with Gasteiger partial charge in [-0.05, 0) is 44.4 Å². The van der Waals surface area contributed by atoms with Crippen molar-refractivity contribution in [3.8, 4) is 0 Å². The Kier molecular flexibility index (Phi) is 7.46. The van der Waals surface area contributed by atoms with Crippen molar-refractivity contribution in [3.05, 3.63) is 35.4 Å². The van der Waals surface area contributed by atoms with Crippen LogP contribution in [0, 0.1) is 0 Å². The number of carboxylic acids is 1. The smallest absolute Gasteiger partial charge is 0.303 e. The average Bonchev–Trinajstić information content (AvgIpc) is 2.44. The molecule has 0 spiro atoms. The van der Waals surface area contributed by atoms with Gasteiger partial charge in [0, 0.05) is 18.5 Å². The topological polar surface area (TPSA) is 75.6 Å². The maximum Gasteiger partial charge on any atom is 0.303 e. The minimum Gasteiger partial charge on any atom is -0.481 e. The molecule has 1 rings (SSSR count). The molecule has 0 aliphatic carbocycles. The number of unbranched alkanes of at least 4 members (excludes halogenated alkanes) is 1. The summed E-state index contributed by atoms with van der Waals surface area (Å²) in [6, 6.07) is 7.29. The Morgan fingerprint density at radius 3 is 2.43 bits per heavy atom. The van der Waals surface area contributed by atoms with Crippen molar-refractivity contribution < 1.29 is 19.4 Å². The lowest BCUT2D eigenvalue weighted by atomic mass is 10.1. The molecule has 5 heteroatoms. The van der Waals surface area contributed by atoms with Gasteiger partial charge in [0.05, 0.1) is 12.7 Å². The number of aliphatic carboxylic acids is 1. The minimum atomic E-state index is -0.805. The zero-order valence-electron chi connectivity index (χ0n) is 12.6. The summed E-state index contributed by atoms with van der Waals surface area (Å²) in [5, 5.41) is 11.3. The van der Waals surface area contributed by atoms with Crippen molar-refractivity contribution in [1.29, 1.82) is 0 Å². The zero-order chi connectivity index (χ0) is 15.7. The molecule has 0 saturated carbocycles. The minimum absolute atomic E-state index is 0.137. The zero-order valence-corrected chi connectivity index (χ0v) is 12.6. The molecule has 2 N–H and O–H groups in total. The summed E-state index contributed by atoms with van der Waals surface area (Å²) < 4.78 is 5.49. The molecule has 116 valence electrons. The first-order valence-corrected chi connectivity index (χ1v) is 7.19. The molecule has 0 aromatic heterocycles. The first kappa shape index (κ1) is 17.2. The van der Waals surface area contributed by atoms with E-state index in [0.717, 1.165) is 5.56 Å². The molecule has 0 bridgehead atoms. The quantitative estimate of drug-likeness (QED) is 0.686. The van der Waals surface area contributed by atoms with Crippen LogP contribution >= 0.6 is 0 Å². The summed E-state index contributed by atoms with van der Waals surface area (Å²) in [5.74, 6) is -0.942. The number of hydrogen-bond donors (Lipinski definition) is 2. The normalized spacial score (nSPS) is 10.6. The number of ether oxygens (including phenoxy) is 1. The lowest BCUT2D eigenvalue weighted by Gasteiger charge is -2.08. The number of carbonyl (C=O) groups is 2. The number of carbonyl (C=O) groups excluding carboxylic acids is 1. The van der Waals surface area contributed by atoms with Gasteiger partial charge in [-0.15, -0.1) is 0 Å².